The molecule has 0 radical (unpaired) electrons. The molecule has 0 atom stereocenters. The molecule has 94 valence electrons. The van der Waals surface area contributed by atoms with E-state index in [1.165, 1.54) is 0 Å². The predicted octanol–water partition coefficient (Wildman–Crippen LogP) is 4.86. The second-order valence-electron chi connectivity index (χ2n) is 3.83. The Balaban J connectivity index is 2.76. The molecule has 18 heavy (non-hydrogen) atoms. The maximum atomic E-state index is 11.9. The molecule has 5 heteroatoms. The summed E-state index contributed by atoms with van der Waals surface area (Å²) in [5.41, 5.74) is 0. The fourth-order valence-corrected chi connectivity index (χ4v) is 5.76. The molecule has 0 heterocycles. The Hall–Kier alpha value is -0.590. The van der Waals surface area contributed by atoms with Crippen LogP contribution in [-0.2, 0) is 0 Å². The van der Waals surface area contributed by atoms with Crippen molar-refractivity contribution in [1.82, 2.24) is 0 Å². The van der Waals surface area contributed by atoms with E-state index < -0.39 is 10.3 Å². The van der Waals surface area contributed by atoms with Crippen molar-refractivity contribution in [2.24, 2.45) is 0 Å². The molecule has 2 aromatic carbocycles. The van der Waals surface area contributed by atoms with Crippen LogP contribution in [0.2, 0.25) is 0 Å². The van der Waals surface area contributed by atoms with Gasteiger partial charge in [-0.05, 0) is 0 Å². The quantitative estimate of drug-likeness (QED) is 0.583. The molecule has 0 saturated carbocycles. The molecule has 0 saturated heterocycles. The van der Waals surface area contributed by atoms with Crippen molar-refractivity contribution in [1.29, 1.82) is 0 Å². The second-order valence-corrected chi connectivity index (χ2v) is 12.3. The summed E-state index contributed by atoms with van der Waals surface area (Å²) in [5, 5.41) is -2.89. The Kier molecular flexibility index (Phi) is 3.71. The first-order valence-corrected chi connectivity index (χ1v) is 9.65. The van der Waals surface area contributed by atoms with Crippen LogP contribution < -0.4 is 10.6 Å². The zero-order chi connectivity index (χ0) is 13.3. The molecular weight excluding hydrogens is 309 g/mol. The summed E-state index contributed by atoms with van der Waals surface area (Å²) in [6, 6.07) is 17.7. The minimum atomic E-state index is -4.00. The number of hydrogen-bond donors (Lipinski definition) is 0. The van der Waals surface area contributed by atoms with Gasteiger partial charge in [0, 0.05) is 0 Å². The van der Waals surface area contributed by atoms with Crippen molar-refractivity contribution in [3.05, 3.63) is 60.7 Å². The Morgan fingerprint density at radius 1 is 0.778 bits per heavy atom. The molecular formula is C13H10Cl3OP. The summed E-state index contributed by atoms with van der Waals surface area (Å²) >= 11 is 18.9. The minimum absolute atomic E-state index is 0.554. The molecule has 0 spiro atoms. The molecule has 0 aliphatic heterocycles. The first-order valence-electron chi connectivity index (χ1n) is 5.22. The van der Waals surface area contributed by atoms with Crippen molar-refractivity contribution in [2.45, 2.75) is 0 Å². The van der Waals surface area contributed by atoms with Crippen molar-refractivity contribution >= 4 is 55.0 Å². The number of carbonyl (C=O) groups excluding carboxylic acids is 1. The van der Waals surface area contributed by atoms with Gasteiger partial charge in [-0.2, -0.15) is 0 Å². The van der Waals surface area contributed by atoms with Gasteiger partial charge in [-0.15, -0.1) is 0 Å². The average molecular weight is 320 g/mol. The van der Waals surface area contributed by atoms with E-state index in [0.29, 0.717) is 10.6 Å². The van der Waals surface area contributed by atoms with E-state index in [2.05, 4.69) is 0 Å². The Labute approximate surface area is 120 Å². The van der Waals surface area contributed by atoms with Crippen LogP contribution in [-0.4, -0.2) is 4.98 Å². The van der Waals surface area contributed by atoms with Crippen molar-refractivity contribution in [3.63, 3.8) is 0 Å². The van der Waals surface area contributed by atoms with Crippen LogP contribution >= 0.6 is 39.4 Å². The fraction of sp³-hybridized carbons (Fsp3) is 0. The van der Waals surface area contributed by atoms with Crippen LogP contribution in [0.1, 0.15) is 0 Å². The van der Waals surface area contributed by atoms with E-state index in [-0.39, 0.29) is 0 Å². The topological polar surface area (TPSA) is 17.1 Å². The van der Waals surface area contributed by atoms with Gasteiger partial charge in [0.2, 0.25) is 0 Å². The number of halogens is 3. The van der Waals surface area contributed by atoms with Crippen LogP contribution in [0.3, 0.4) is 0 Å². The Morgan fingerprint density at radius 2 is 1.11 bits per heavy atom. The van der Waals surface area contributed by atoms with E-state index in [4.69, 9.17) is 34.1 Å². The van der Waals surface area contributed by atoms with Crippen LogP contribution in [0.4, 0.5) is 4.79 Å². The summed E-state index contributed by atoms with van der Waals surface area (Å²) in [6.07, 6.45) is 0. The second kappa shape index (κ2) is 4.83. The van der Waals surface area contributed by atoms with Crippen LogP contribution in [0, 0.1) is 0 Å². The van der Waals surface area contributed by atoms with Gasteiger partial charge in [0.15, 0.2) is 0 Å². The molecule has 0 bridgehead atoms. The number of benzene rings is 2. The third-order valence-corrected chi connectivity index (χ3v) is 10.6. The molecule has 0 aliphatic rings. The number of carbonyl (C=O) groups is 1. The van der Waals surface area contributed by atoms with Crippen molar-refractivity contribution in [2.75, 3.05) is 0 Å². The third kappa shape index (κ3) is 2.06. The molecule has 0 unspecified atom stereocenters. The normalized spacial score (nSPS) is 13.6. The number of rotatable bonds is 3. The molecule has 0 aromatic heterocycles. The SMILES string of the molecule is O=C(Cl)P(Cl)(Cl)(c1ccccc1)c1ccccc1. The van der Waals surface area contributed by atoms with Crippen LogP contribution in [0.5, 0.6) is 0 Å². The van der Waals surface area contributed by atoms with Gasteiger partial charge >= 0.3 is 120 Å². The summed E-state index contributed by atoms with van der Waals surface area (Å²) < 4.78 is 0. The maximum absolute atomic E-state index is 11.9. The Bertz CT molecular complexity index is 526. The van der Waals surface area contributed by atoms with Crippen LogP contribution in [0.15, 0.2) is 60.7 Å². The molecule has 0 fully saturated rings. The van der Waals surface area contributed by atoms with Gasteiger partial charge in [-0.3, -0.25) is 0 Å². The van der Waals surface area contributed by atoms with E-state index in [0.717, 1.165) is 0 Å². The summed E-state index contributed by atoms with van der Waals surface area (Å²) in [6.45, 7) is 0. The van der Waals surface area contributed by atoms with E-state index >= 15 is 0 Å². The fourth-order valence-electron chi connectivity index (χ4n) is 1.73. The molecule has 2 rings (SSSR count). The zero-order valence-electron chi connectivity index (χ0n) is 9.26. The summed E-state index contributed by atoms with van der Waals surface area (Å²) in [7, 11) is 0. The monoisotopic (exact) mass is 318 g/mol. The van der Waals surface area contributed by atoms with Crippen molar-refractivity contribution < 1.29 is 4.79 Å². The van der Waals surface area contributed by atoms with Gasteiger partial charge in [-0.1, -0.05) is 0 Å². The van der Waals surface area contributed by atoms with Crippen molar-refractivity contribution in [3.8, 4) is 0 Å². The van der Waals surface area contributed by atoms with Gasteiger partial charge in [-0.25, -0.2) is 0 Å². The molecule has 2 aromatic rings. The third-order valence-electron chi connectivity index (χ3n) is 2.73. The van der Waals surface area contributed by atoms with Gasteiger partial charge < -0.3 is 0 Å². The summed E-state index contributed by atoms with van der Waals surface area (Å²) in [5.74, 6) is 0. The average Bonchev–Trinajstić information content (AvgIpc) is 2.41. The first kappa shape index (κ1) is 13.8. The van der Waals surface area contributed by atoms with E-state index in [1.54, 1.807) is 48.5 Å². The Morgan fingerprint density at radius 3 is 1.39 bits per heavy atom. The molecule has 0 aliphatic carbocycles. The summed E-state index contributed by atoms with van der Waals surface area (Å²) in [4.78, 5) is 11.2. The first-order chi connectivity index (χ1) is 8.46. The van der Waals surface area contributed by atoms with Gasteiger partial charge in [0.25, 0.3) is 0 Å². The van der Waals surface area contributed by atoms with Gasteiger partial charge in [0.1, 0.15) is 0 Å². The van der Waals surface area contributed by atoms with E-state index in [9.17, 15) is 4.79 Å². The standard InChI is InChI=1S/C13H10Cl3OP/c14-13(17)18(15,16,11-7-3-1-4-8-11)12-9-5-2-6-10-12/h1-10H. The number of hydrogen-bond acceptors (Lipinski definition) is 1. The molecule has 0 N–H and O–H groups in total. The predicted molar refractivity (Wildman–Crippen MR) is 82.0 cm³/mol. The van der Waals surface area contributed by atoms with Gasteiger partial charge in [0.05, 0.1) is 0 Å². The molecule has 1 nitrogen and oxygen atoms in total. The van der Waals surface area contributed by atoms with Crippen LogP contribution in [0.25, 0.3) is 0 Å². The van der Waals surface area contributed by atoms with E-state index in [1.807, 2.05) is 12.1 Å². The molecule has 0 amide bonds. The zero-order valence-corrected chi connectivity index (χ0v) is 12.4.